The molecular formula is C12H17N3O2. The number of carbonyl (C=O) groups is 1. The molecule has 1 aliphatic heterocycles. The molecule has 5 heteroatoms. The largest absolute Gasteiger partial charge is 0.481 e. The van der Waals surface area contributed by atoms with Crippen LogP contribution < -0.4 is 4.90 Å². The zero-order valence-corrected chi connectivity index (χ0v) is 10.2. The molecule has 0 saturated carbocycles. The minimum absolute atomic E-state index is 0.219. The fraction of sp³-hybridized carbons (Fsp3) is 0.583. The van der Waals surface area contributed by atoms with E-state index in [-0.39, 0.29) is 12.3 Å². The maximum absolute atomic E-state index is 10.7. The lowest BCUT2D eigenvalue weighted by molar-refractivity contribution is -0.137. The molecule has 2 rings (SSSR count). The van der Waals surface area contributed by atoms with Crippen LogP contribution in [0.4, 0.5) is 5.95 Å². The summed E-state index contributed by atoms with van der Waals surface area (Å²) in [6, 6.07) is 1.94. The quantitative estimate of drug-likeness (QED) is 0.857. The van der Waals surface area contributed by atoms with E-state index in [4.69, 9.17) is 5.11 Å². The number of aromatic nitrogens is 2. The first-order valence-electron chi connectivity index (χ1n) is 5.83. The van der Waals surface area contributed by atoms with Gasteiger partial charge in [-0.1, -0.05) is 0 Å². The highest BCUT2D eigenvalue weighted by Gasteiger charge is 2.26. The van der Waals surface area contributed by atoms with Gasteiger partial charge in [0.15, 0.2) is 0 Å². The van der Waals surface area contributed by atoms with Crippen LogP contribution in [-0.4, -0.2) is 34.1 Å². The first-order valence-corrected chi connectivity index (χ1v) is 5.83. The summed E-state index contributed by atoms with van der Waals surface area (Å²) < 4.78 is 0. The van der Waals surface area contributed by atoms with Gasteiger partial charge < -0.3 is 10.0 Å². The fourth-order valence-electron chi connectivity index (χ4n) is 2.28. The third-order valence-electron chi connectivity index (χ3n) is 3.00. The summed E-state index contributed by atoms with van der Waals surface area (Å²) >= 11 is 0. The summed E-state index contributed by atoms with van der Waals surface area (Å²) in [5, 5.41) is 8.77. The van der Waals surface area contributed by atoms with Gasteiger partial charge in [-0.05, 0) is 32.3 Å². The molecule has 1 unspecified atom stereocenters. The van der Waals surface area contributed by atoms with Crippen molar-refractivity contribution in [3.05, 3.63) is 17.5 Å². The Kier molecular flexibility index (Phi) is 3.26. The first-order chi connectivity index (χ1) is 8.04. The van der Waals surface area contributed by atoms with E-state index in [9.17, 15) is 4.79 Å². The molecule has 0 radical (unpaired) electrons. The molecule has 0 bridgehead atoms. The van der Waals surface area contributed by atoms with Gasteiger partial charge in [-0.3, -0.25) is 4.79 Å². The van der Waals surface area contributed by atoms with E-state index in [0.717, 1.165) is 36.8 Å². The van der Waals surface area contributed by atoms with Gasteiger partial charge in [0.25, 0.3) is 0 Å². The van der Waals surface area contributed by atoms with E-state index in [2.05, 4.69) is 14.9 Å². The van der Waals surface area contributed by atoms with E-state index >= 15 is 0 Å². The van der Waals surface area contributed by atoms with E-state index in [1.54, 1.807) is 0 Å². The van der Waals surface area contributed by atoms with Gasteiger partial charge in [-0.15, -0.1) is 0 Å². The van der Waals surface area contributed by atoms with Gasteiger partial charge in [0.1, 0.15) is 0 Å². The third kappa shape index (κ3) is 2.93. The Morgan fingerprint density at radius 2 is 2.12 bits per heavy atom. The van der Waals surface area contributed by atoms with E-state index in [1.807, 2.05) is 19.9 Å². The maximum Gasteiger partial charge on any atom is 0.303 e. The minimum Gasteiger partial charge on any atom is -0.481 e. The molecule has 0 aromatic carbocycles. The number of carboxylic acids is 1. The Bertz CT molecular complexity index is 414. The zero-order chi connectivity index (χ0) is 12.4. The zero-order valence-electron chi connectivity index (χ0n) is 10.2. The Hall–Kier alpha value is -1.65. The summed E-state index contributed by atoms with van der Waals surface area (Å²) in [4.78, 5) is 21.5. The van der Waals surface area contributed by atoms with Gasteiger partial charge in [0.2, 0.25) is 5.95 Å². The molecular weight excluding hydrogens is 218 g/mol. The van der Waals surface area contributed by atoms with Crippen molar-refractivity contribution in [1.29, 1.82) is 0 Å². The molecule has 5 nitrogen and oxygen atoms in total. The number of hydrogen-bond donors (Lipinski definition) is 1. The molecule has 1 N–H and O–H groups in total. The summed E-state index contributed by atoms with van der Waals surface area (Å²) in [5.74, 6) is 0.227. The molecule has 1 saturated heterocycles. The number of rotatable bonds is 3. The van der Waals surface area contributed by atoms with Crippen LogP contribution in [0.15, 0.2) is 6.07 Å². The van der Waals surface area contributed by atoms with E-state index < -0.39 is 5.97 Å². The molecule has 0 aliphatic carbocycles. The van der Waals surface area contributed by atoms with Gasteiger partial charge in [-0.2, -0.15) is 0 Å². The topological polar surface area (TPSA) is 66.3 Å². The van der Waals surface area contributed by atoms with Crippen LogP contribution in [0.3, 0.4) is 0 Å². The molecule has 1 fully saturated rings. The number of nitrogens with zero attached hydrogens (tertiary/aromatic N) is 3. The summed E-state index contributed by atoms with van der Waals surface area (Å²) in [6.07, 6.45) is 1.14. The van der Waals surface area contributed by atoms with Gasteiger partial charge in [-0.25, -0.2) is 9.97 Å². The van der Waals surface area contributed by atoms with Crippen molar-refractivity contribution in [1.82, 2.24) is 9.97 Å². The van der Waals surface area contributed by atoms with Crippen molar-refractivity contribution in [2.75, 3.05) is 18.0 Å². The maximum atomic E-state index is 10.7. The van der Waals surface area contributed by atoms with Gasteiger partial charge >= 0.3 is 5.97 Å². The lowest BCUT2D eigenvalue weighted by atomic mass is 10.1. The molecule has 1 atom stereocenters. The lowest BCUT2D eigenvalue weighted by Gasteiger charge is -2.16. The van der Waals surface area contributed by atoms with E-state index in [0.29, 0.717) is 0 Å². The average molecular weight is 235 g/mol. The normalized spacial score (nSPS) is 19.6. The van der Waals surface area contributed by atoms with Crippen molar-refractivity contribution in [3.63, 3.8) is 0 Å². The highest BCUT2D eigenvalue weighted by molar-refractivity contribution is 5.67. The van der Waals surface area contributed by atoms with Crippen molar-refractivity contribution in [3.8, 4) is 0 Å². The predicted molar refractivity (Wildman–Crippen MR) is 64.1 cm³/mol. The third-order valence-corrected chi connectivity index (χ3v) is 3.00. The second-order valence-electron chi connectivity index (χ2n) is 4.65. The average Bonchev–Trinajstić information content (AvgIpc) is 2.63. The van der Waals surface area contributed by atoms with E-state index in [1.165, 1.54) is 0 Å². The van der Waals surface area contributed by atoms with Crippen molar-refractivity contribution in [2.45, 2.75) is 26.7 Å². The van der Waals surface area contributed by atoms with Crippen LogP contribution in [0.25, 0.3) is 0 Å². The first kappa shape index (κ1) is 11.8. The van der Waals surface area contributed by atoms with Crippen LogP contribution in [0.2, 0.25) is 0 Å². The second-order valence-corrected chi connectivity index (χ2v) is 4.65. The van der Waals surface area contributed by atoms with Gasteiger partial charge in [0.05, 0.1) is 0 Å². The number of aryl methyl sites for hydroxylation is 2. The molecule has 0 amide bonds. The highest BCUT2D eigenvalue weighted by Crippen LogP contribution is 2.23. The Balaban J connectivity index is 2.07. The second kappa shape index (κ2) is 4.69. The fourth-order valence-corrected chi connectivity index (χ4v) is 2.28. The Morgan fingerprint density at radius 3 is 2.71 bits per heavy atom. The minimum atomic E-state index is -0.724. The summed E-state index contributed by atoms with van der Waals surface area (Å²) in [6.45, 7) is 5.49. The smallest absolute Gasteiger partial charge is 0.303 e. The van der Waals surface area contributed by atoms with Crippen LogP contribution in [0, 0.1) is 19.8 Å². The van der Waals surface area contributed by atoms with Crippen molar-refractivity contribution < 1.29 is 9.90 Å². The Labute approximate surface area is 100 Å². The van der Waals surface area contributed by atoms with Crippen molar-refractivity contribution in [2.24, 2.45) is 5.92 Å². The van der Waals surface area contributed by atoms with Crippen molar-refractivity contribution >= 4 is 11.9 Å². The molecule has 2 heterocycles. The van der Waals surface area contributed by atoms with Gasteiger partial charge in [0, 0.05) is 30.9 Å². The monoisotopic (exact) mass is 235 g/mol. The molecule has 1 aromatic heterocycles. The molecule has 0 spiro atoms. The summed E-state index contributed by atoms with van der Waals surface area (Å²) in [5.41, 5.74) is 1.91. The van der Waals surface area contributed by atoms with Crippen LogP contribution >= 0.6 is 0 Å². The van der Waals surface area contributed by atoms with Crippen LogP contribution in [-0.2, 0) is 4.79 Å². The predicted octanol–water partition coefficient (Wildman–Crippen LogP) is 1.39. The standard InChI is InChI=1S/C12H17N3O2/c1-8-5-9(2)14-12(13-8)15-4-3-10(7-15)6-11(16)17/h5,10H,3-4,6-7H2,1-2H3,(H,16,17). The highest BCUT2D eigenvalue weighted by atomic mass is 16.4. The molecule has 92 valence electrons. The molecule has 17 heavy (non-hydrogen) atoms. The number of anilines is 1. The molecule has 1 aromatic rings. The number of hydrogen-bond acceptors (Lipinski definition) is 4. The molecule has 1 aliphatic rings. The van der Waals surface area contributed by atoms with Crippen LogP contribution in [0.5, 0.6) is 0 Å². The summed E-state index contributed by atoms with van der Waals surface area (Å²) in [7, 11) is 0. The lowest BCUT2D eigenvalue weighted by Crippen LogP contribution is -2.23. The number of carboxylic acid groups (broad SMARTS) is 1. The number of aliphatic carboxylic acids is 1. The Morgan fingerprint density at radius 1 is 1.47 bits per heavy atom. The van der Waals surface area contributed by atoms with Crippen LogP contribution in [0.1, 0.15) is 24.2 Å². The SMILES string of the molecule is Cc1cc(C)nc(N2CCC(CC(=O)O)C2)n1.